The van der Waals surface area contributed by atoms with Gasteiger partial charge in [-0.1, -0.05) is 12.1 Å². The van der Waals surface area contributed by atoms with Crippen LogP contribution in [-0.2, 0) is 23.6 Å². The van der Waals surface area contributed by atoms with Crippen LogP contribution in [0.2, 0.25) is 0 Å². The van der Waals surface area contributed by atoms with Gasteiger partial charge in [0, 0.05) is 7.05 Å². The SMILES string of the molecule is COc1ccc(S(=O)(=O)NCc2nc3ccccc3n2C)cc1. The number of para-hydroxylation sites is 2. The molecule has 120 valence electrons. The maximum atomic E-state index is 12.3. The number of hydrogen-bond acceptors (Lipinski definition) is 4. The summed E-state index contributed by atoms with van der Waals surface area (Å²) in [5.74, 6) is 1.27. The Morgan fingerprint density at radius 2 is 1.83 bits per heavy atom. The molecular formula is C16H17N3O3S. The van der Waals surface area contributed by atoms with Crippen LogP contribution in [0.5, 0.6) is 5.75 Å². The van der Waals surface area contributed by atoms with Crippen molar-refractivity contribution in [2.24, 2.45) is 7.05 Å². The average Bonchev–Trinajstić information content (AvgIpc) is 2.90. The Bertz CT molecular complexity index is 931. The highest BCUT2D eigenvalue weighted by atomic mass is 32.2. The van der Waals surface area contributed by atoms with Crippen molar-refractivity contribution >= 4 is 21.1 Å². The molecule has 6 nitrogen and oxygen atoms in total. The van der Waals surface area contributed by atoms with Crippen molar-refractivity contribution in [3.05, 3.63) is 54.4 Å². The summed E-state index contributed by atoms with van der Waals surface area (Å²) in [4.78, 5) is 4.64. The standard InChI is InChI=1S/C16H17N3O3S/c1-19-15-6-4-3-5-14(15)18-16(19)11-17-23(20,21)13-9-7-12(22-2)8-10-13/h3-10,17H,11H2,1-2H3. The van der Waals surface area contributed by atoms with Gasteiger partial charge in [-0.15, -0.1) is 0 Å². The predicted molar refractivity (Wildman–Crippen MR) is 87.7 cm³/mol. The van der Waals surface area contributed by atoms with Gasteiger partial charge < -0.3 is 9.30 Å². The van der Waals surface area contributed by atoms with E-state index in [9.17, 15) is 8.42 Å². The first kappa shape index (κ1) is 15.5. The second-order valence-corrected chi connectivity index (χ2v) is 6.84. The van der Waals surface area contributed by atoms with Gasteiger partial charge in [-0.2, -0.15) is 0 Å². The number of sulfonamides is 1. The summed E-state index contributed by atoms with van der Waals surface area (Å²) in [6.07, 6.45) is 0. The Morgan fingerprint density at radius 3 is 2.48 bits per heavy atom. The Balaban J connectivity index is 1.81. The van der Waals surface area contributed by atoms with Crippen LogP contribution in [0.25, 0.3) is 11.0 Å². The van der Waals surface area contributed by atoms with Gasteiger partial charge in [0.05, 0.1) is 29.6 Å². The maximum Gasteiger partial charge on any atom is 0.240 e. The molecular weight excluding hydrogens is 314 g/mol. The lowest BCUT2D eigenvalue weighted by Crippen LogP contribution is -2.24. The number of ether oxygens (including phenoxy) is 1. The fourth-order valence-electron chi connectivity index (χ4n) is 2.35. The Labute approximate surface area is 134 Å². The van der Waals surface area contributed by atoms with E-state index >= 15 is 0 Å². The second-order valence-electron chi connectivity index (χ2n) is 5.08. The van der Waals surface area contributed by atoms with Crippen LogP contribution in [0.15, 0.2) is 53.4 Å². The fraction of sp³-hybridized carbons (Fsp3) is 0.188. The predicted octanol–water partition coefficient (Wildman–Crippen LogP) is 2.06. The minimum absolute atomic E-state index is 0.125. The van der Waals surface area contributed by atoms with Gasteiger partial charge in [-0.05, 0) is 36.4 Å². The highest BCUT2D eigenvalue weighted by Crippen LogP contribution is 2.17. The molecule has 0 aliphatic rings. The third-order valence-electron chi connectivity index (χ3n) is 3.67. The van der Waals surface area contributed by atoms with Gasteiger partial charge in [-0.25, -0.2) is 18.1 Å². The Hall–Kier alpha value is -2.38. The molecule has 0 saturated carbocycles. The number of nitrogens with one attached hydrogen (secondary N) is 1. The molecule has 3 rings (SSSR count). The summed E-state index contributed by atoms with van der Waals surface area (Å²) < 4.78 is 34.2. The summed E-state index contributed by atoms with van der Waals surface area (Å²) in [5, 5.41) is 0. The molecule has 1 N–H and O–H groups in total. The van der Waals surface area contributed by atoms with E-state index in [2.05, 4.69) is 9.71 Å². The molecule has 1 aromatic heterocycles. The fourth-order valence-corrected chi connectivity index (χ4v) is 3.33. The molecule has 1 heterocycles. The number of aromatic nitrogens is 2. The van der Waals surface area contributed by atoms with Crippen LogP contribution in [0.3, 0.4) is 0 Å². The Morgan fingerprint density at radius 1 is 1.13 bits per heavy atom. The molecule has 0 atom stereocenters. The lowest BCUT2D eigenvalue weighted by atomic mass is 10.3. The maximum absolute atomic E-state index is 12.3. The molecule has 0 fully saturated rings. The van der Waals surface area contributed by atoms with Crippen molar-refractivity contribution in [1.29, 1.82) is 0 Å². The van der Waals surface area contributed by atoms with E-state index in [4.69, 9.17) is 4.74 Å². The topological polar surface area (TPSA) is 73.2 Å². The van der Waals surface area contributed by atoms with Gasteiger partial charge in [0.2, 0.25) is 10.0 Å². The summed E-state index contributed by atoms with van der Waals surface area (Å²) in [5.41, 5.74) is 1.81. The Kier molecular flexibility index (Phi) is 4.06. The smallest absolute Gasteiger partial charge is 0.240 e. The molecule has 2 aromatic carbocycles. The van der Waals surface area contributed by atoms with E-state index in [-0.39, 0.29) is 11.4 Å². The van der Waals surface area contributed by atoms with Crippen LogP contribution in [0.1, 0.15) is 5.82 Å². The number of nitrogens with zero attached hydrogens (tertiary/aromatic N) is 2. The molecule has 0 aliphatic carbocycles. The molecule has 7 heteroatoms. The van der Waals surface area contributed by atoms with Crippen molar-refractivity contribution < 1.29 is 13.2 Å². The van der Waals surface area contributed by atoms with Crippen LogP contribution < -0.4 is 9.46 Å². The third kappa shape index (κ3) is 3.06. The zero-order valence-electron chi connectivity index (χ0n) is 12.9. The van der Waals surface area contributed by atoms with Crippen LogP contribution >= 0.6 is 0 Å². The zero-order valence-corrected chi connectivity index (χ0v) is 13.7. The highest BCUT2D eigenvalue weighted by molar-refractivity contribution is 7.89. The van der Waals surface area contributed by atoms with E-state index in [1.807, 2.05) is 35.9 Å². The van der Waals surface area contributed by atoms with Crippen molar-refractivity contribution in [2.45, 2.75) is 11.4 Å². The van der Waals surface area contributed by atoms with Crippen LogP contribution in [-0.4, -0.2) is 25.1 Å². The summed E-state index contributed by atoms with van der Waals surface area (Å²) in [6, 6.07) is 13.9. The lowest BCUT2D eigenvalue weighted by Gasteiger charge is -2.07. The first-order valence-electron chi connectivity index (χ1n) is 7.05. The summed E-state index contributed by atoms with van der Waals surface area (Å²) >= 11 is 0. The van der Waals surface area contributed by atoms with Crippen molar-refractivity contribution in [1.82, 2.24) is 14.3 Å². The monoisotopic (exact) mass is 331 g/mol. The molecule has 0 spiro atoms. The molecule has 3 aromatic rings. The van der Waals surface area contributed by atoms with E-state index in [1.165, 1.54) is 19.2 Å². The minimum atomic E-state index is -3.60. The van der Waals surface area contributed by atoms with Gasteiger partial charge >= 0.3 is 0 Å². The first-order valence-corrected chi connectivity index (χ1v) is 8.53. The average molecular weight is 331 g/mol. The summed E-state index contributed by atoms with van der Waals surface area (Å²) in [6.45, 7) is 0.125. The summed E-state index contributed by atoms with van der Waals surface area (Å²) in [7, 11) is -0.194. The third-order valence-corrected chi connectivity index (χ3v) is 5.09. The van der Waals surface area contributed by atoms with Crippen LogP contribution in [0.4, 0.5) is 0 Å². The molecule has 0 saturated heterocycles. The molecule has 0 bridgehead atoms. The first-order chi connectivity index (χ1) is 11.0. The largest absolute Gasteiger partial charge is 0.497 e. The van der Waals surface area contributed by atoms with Gasteiger partial charge in [0.25, 0.3) is 0 Å². The second kappa shape index (κ2) is 6.02. The zero-order chi connectivity index (χ0) is 16.4. The highest BCUT2D eigenvalue weighted by Gasteiger charge is 2.16. The van der Waals surface area contributed by atoms with Crippen LogP contribution in [0, 0.1) is 0 Å². The van der Waals surface area contributed by atoms with E-state index in [1.54, 1.807) is 12.1 Å². The van der Waals surface area contributed by atoms with Crippen molar-refractivity contribution in [3.8, 4) is 5.75 Å². The molecule has 0 amide bonds. The number of fused-ring (bicyclic) bond motifs is 1. The number of imidazole rings is 1. The van der Waals surface area contributed by atoms with Crippen molar-refractivity contribution in [2.75, 3.05) is 7.11 Å². The number of methoxy groups -OCH3 is 1. The number of aryl methyl sites for hydroxylation is 1. The molecule has 0 aliphatic heterocycles. The molecule has 0 unspecified atom stereocenters. The number of rotatable bonds is 5. The van der Waals surface area contributed by atoms with E-state index in [0.29, 0.717) is 11.6 Å². The molecule has 0 radical (unpaired) electrons. The normalized spacial score (nSPS) is 11.7. The number of benzene rings is 2. The molecule has 23 heavy (non-hydrogen) atoms. The minimum Gasteiger partial charge on any atom is -0.497 e. The van der Waals surface area contributed by atoms with Crippen molar-refractivity contribution in [3.63, 3.8) is 0 Å². The van der Waals surface area contributed by atoms with Gasteiger partial charge in [-0.3, -0.25) is 0 Å². The quantitative estimate of drug-likeness (QED) is 0.777. The number of hydrogen-bond donors (Lipinski definition) is 1. The van der Waals surface area contributed by atoms with E-state index < -0.39 is 10.0 Å². The van der Waals surface area contributed by atoms with E-state index in [0.717, 1.165) is 11.0 Å². The van der Waals surface area contributed by atoms with Gasteiger partial charge in [0.15, 0.2) is 0 Å². The lowest BCUT2D eigenvalue weighted by molar-refractivity contribution is 0.414. The van der Waals surface area contributed by atoms with Gasteiger partial charge in [0.1, 0.15) is 11.6 Å².